The van der Waals surface area contributed by atoms with Crippen molar-refractivity contribution in [1.29, 1.82) is 0 Å². The van der Waals surface area contributed by atoms with Crippen LogP contribution in [0.2, 0.25) is 0 Å². The van der Waals surface area contributed by atoms with Crippen molar-refractivity contribution < 1.29 is 0 Å². The Bertz CT molecular complexity index is 402. The molecule has 5 heteroatoms. The minimum Gasteiger partial charge on any atom is -0.356 e. The van der Waals surface area contributed by atoms with E-state index in [0.717, 1.165) is 22.7 Å². The van der Waals surface area contributed by atoms with Crippen molar-refractivity contribution in [3.05, 3.63) is 16.5 Å². The standard InChI is InChI=1S/C13H21BrN4/c1-4-12-15-11(14)9-13(16-12)18(3)10-5-7-17(2)8-6-10/h9-10H,4-8H2,1-3H3. The minimum atomic E-state index is 0.590. The molecule has 4 nitrogen and oxygen atoms in total. The summed E-state index contributed by atoms with van der Waals surface area (Å²) in [5, 5.41) is 0. The van der Waals surface area contributed by atoms with E-state index in [9.17, 15) is 0 Å². The predicted molar refractivity (Wildman–Crippen MR) is 78.0 cm³/mol. The van der Waals surface area contributed by atoms with E-state index in [1.54, 1.807) is 0 Å². The highest BCUT2D eigenvalue weighted by Gasteiger charge is 2.22. The fourth-order valence-electron chi connectivity index (χ4n) is 2.36. The van der Waals surface area contributed by atoms with Gasteiger partial charge in [0.25, 0.3) is 0 Å². The summed E-state index contributed by atoms with van der Waals surface area (Å²) in [5.74, 6) is 1.93. The summed E-state index contributed by atoms with van der Waals surface area (Å²) in [6.45, 7) is 4.42. The maximum absolute atomic E-state index is 4.62. The van der Waals surface area contributed by atoms with Gasteiger partial charge in [0, 0.05) is 25.6 Å². The van der Waals surface area contributed by atoms with Gasteiger partial charge >= 0.3 is 0 Å². The molecule has 1 aliphatic heterocycles. The number of hydrogen-bond donors (Lipinski definition) is 0. The SMILES string of the molecule is CCc1nc(Br)cc(N(C)C2CCN(C)CC2)n1. The van der Waals surface area contributed by atoms with E-state index in [1.807, 2.05) is 6.07 Å². The van der Waals surface area contributed by atoms with E-state index in [0.29, 0.717) is 6.04 Å². The molecule has 0 amide bonds. The molecule has 0 radical (unpaired) electrons. The van der Waals surface area contributed by atoms with Crippen LogP contribution in [0.25, 0.3) is 0 Å². The summed E-state index contributed by atoms with van der Waals surface area (Å²) in [6, 6.07) is 2.60. The Morgan fingerprint density at radius 1 is 1.39 bits per heavy atom. The number of likely N-dealkylation sites (tertiary alicyclic amines) is 1. The molecule has 2 rings (SSSR count). The summed E-state index contributed by atoms with van der Waals surface area (Å²) in [5.41, 5.74) is 0. The van der Waals surface area contributed by atoms with Crippen LogP contribution in [0.15, 0.2) is 10.7 Å². The Balaban J connectivity index is 2.12. The van der Waals surface area contributed by atoms with Crippen molar-refractivity contribution in [2.45, 2.75) is 32.2 Å². The van der Waals surface area contributed by atoms with Gasteiger partial charge in [0.2, 0.25) is 0 Å². The average Bonchev–Trinajstić information content (AvgIpc) is 2.38. The highest BCUT2D eigenvalue weighted by Crippen LogP contribution is 2.22. The van der Waals surface area contributed by atoms with Crippen molar-refractivity contribution in [2.24, 2.45) is 0 Å². The number of anilines is 1. The summed E-state index contributed by atoms with van der Waals surface area (Å²) in [4.78, 5) is 13.7. The molecule has 100 valence electrons. The lowest BCUT2D eigenvalue weighted by atomic mass is 10.0. The number of aromatic nitrogens is 2. The summed E-state index contributed by atoms with van der Waals surface area (Å²) >= 11 is 3.47. The lowest BCUT2D eigenvalue weighted by molar-refractivity contribution is 0.252. The monoisotopic (exact) mass is 312 g/mol. The molecule has 18 heavy (non-hydrogen) atoms. The van der Waals surface area contributed by atoms with Crippen molar-refractivity contribution in [1.82, 2.24) is 14.9 Å². The van der Waals surface area contributed by atoms with Gasteiger partial charge in [-0.2, -0.15) is 0 Å². The van der Waals surface area contributed by atoms with E-state index in [2.05, 4.69) is 56.7 Å². The third-order valence-electron chi connectivity index (χ3n) is 3.64. The summed E-state index contributed by atoms with van der Waals surface area (Å²) in [7, 11) is 4.33. The first-order valence-electron chi connectivity index (χ1n) is 6.55. The first-order valence-corrected chi connectivity index (χ1v) is 7.34. The number of rotatable bonds is 3. The molecule has 0 atom stereocenters. The lowest BCUT2D eigenvalue weighted by Gasteiger charge is -2.35. The maximum Gasteiger partial charge on any atom is 0.133 e. The van der Waals surface area contributed by atoms with E-state index >= 15 is 0 Å². The quantitative estimate of drug-likeness (QED) is 0.802. The number of aryl methyl sites for hydroxylation is 1. The summed E-state index contributed by atoms with van der Waals surface area (Å²) < 4.78 is 0.879. The first kappa shape index (κ1) is 13.7. The number of hydrogen-bond acceptors (Lipinski definition) is 4. The van der Waals surface area contributed by atoms with Crippen LogP contribution in [0, 0.1) is 0 Å². The molecule has 0 aliphatic carbocycles. The molecule has 1 aromatic rings. The third kappa shape index (κ3) is 3.20. The van der Waals surface area contributed by atoms with Gasteiger partial charge in [0.15, 0.2) is 0 Å². The smallest absolute Gasteiger partial charge is 0.133 e. The van der Waals surface area contributed by atoms with Gasteiger partial charge < -0.3 is 9.80 Å². The molecule has 2 heterocycles. The van der Waals surface area contributed by atoms with Crippen molar-refractivity contribution in [3.8, 4) is 0 Å². The Morgan fingerprint density at radius 3 is 2.67 bits per heavy atom. The largest absolute Gasteiger partial charge is 0.356 e. The van der Waals surface area contributed by atoms with E-state index < -0.39 is 0 Å². The van der Waals surface area contributed by atoms with Crippen LogP contribution < -0.4 is 4.90 Å². The van der Waals surface area contributed by atoms with Crippen molar-refractivity contribution in [2.75, 3.05) is 32.1 Å². The second kappa shape index (κ2) is 5.97. The lowest BCUT2D eigenvalue weighted by Crippen LogP contribution is -2.42. The zero-order valence-corrected chi connectivity index (χ0v) is 12.9. The zero-order valence-electron chi connectivity index (χ0n) is 11.4. The topological polar surface area (TPSA) is 32.3 Å². The third-order valence-corrected chi connectivity index (χ3v) is 4.05. The number of nitrogens with zero attached hydrogens (tertiary/aromatic N) is 4. The van der Waals surface area contributed by atoms with E-state index in [-0.39, 0.29) is 0 Å². The Hall–Kier alpha value is -0.680. The second-order valence-electron chi connectivity index (χ2n) is 4.96. The normalized spacial score (nSPS) is 18.0. The van der Waals surface area contributed by atoms with Gasteiger partial charge in [-0.1, -0.05) is 6.92 Å². The van der Waals surface area contributed by atoms with Gasteiger partial charge in [-0.15, -0.1) is 0 Å². The molecule has 0 aromatic carbocycles. The van der Waals surface area contributed by atoms with E-state index in [1.165, 1.54) is 25.9 Å². The molecular formula is C13H21BrN4. The molecule has 0 N–H and O–H groups in total. The van der Waals surface area contributed by atoms with Gasteiger partial charge in [-0.3, -0.25) is 0 Å². The number of piperidine rings is 1. The Kier molecular flexibility index (Phi) is 4.56. The van der Waals surface area contributed by atoms with Gasteiger partial charge in [0.1, 0.15) is 16.2 Å². The van der Waals surface area contributed by atoms with Crippen LogP contribution >= 0.6 is 15.9 Å². The molecule has 1 aliphatic rings. The molecule has 0 saturated carbocycles. The van der Waals surface area contributed by atoms with Crippen LogP contribution in [0.4, 0.5) is 5.82 Å². The highest BCUT2D eigenvalue weighted by molar-refractivity contribution is 9.10. The molecule has 1 fully saturated rings. The van der Waals surface area contributed by atoms with Gasteiger partial charge in [0.05, 0.1) is 0 Å². The Labute approximate surface area is 118 Å². The molecule has 1 saturated heterocycles. The van der Waals surface area contributed by atoms with Crippen LogP contribution in [0.3, 0.4) is 0 Å². The molecule has 1 aromatic heterocycles. The van der Waals surface area contributed by atoms with E-state index in [4.69, 9.17) is 0 Å². The highest BCUT2D eigenvalue weighted by atomic mass is 79.9. The average molecular weight is 313 g/mol. The minimum absolute atomic E-state index is 0.590. The molecular weight excluding hydrogens is 292 g/mol. The number of halogens is 1. The van der Waals surface area contributed by atoms with Gasteiger partial charge in [-0.05, 0) is 48.9 Å². The van der Waals surface area contributed by atoms with Gasteiger partial charge in [-0.25, -0.2) is 9.97 Å². The zero-order chi connectivity index (χ0) is 13.1. The van der Waals surface area contributed by atoms with Crippen LogP contribution in [0.5, 0.6) is 0 Å². The van der Waals surface area contributed by atoms with Crippen molar-refractivity contribution in [3.63, 3.8) is 0 Å². The van der Waals surface area contributed by atoms with Crippen LogP contribution in [-0.2, 0) is 6.42 Å². The maximum atomic E-state index is 4.62. The summed E-state index contributed by atoms with van der Waals surface area (Å²) in [6.07, 6.45) is 3.28. The predicted octanol–water partition coefficient (Wildman–Crippen LogP) is 2.33. The molecule has 0 bridgehead atoms. The molecule has 0 spiro atoms. The fraction of sp³-hybridized carbons (Fsp3) is 0.692. The van der Waals surface area contributed by atoms with Crippen LogP contribution in [-0.4, -0.2) is 48.1 Å². The van der Waals surface area contributed by atoms with Crippen molar-refractivity contribution >= 4 is 21.7 Å². The van der Waals surface area contributed by atoms with Crippen LogP contribution in [0.1, 0.15) is 25.6 Å². The first-order chi connectivity index (χ1) is 8.60. The Morgan fingerprint density at radius 2 is 2.06 bits per heavy atom. The second-order valence-corrected chi connectivity index (χ2v) is 5.78. The molecule has 0 unspecified atom stereocenters. The fourth-order valence-corrected chi connectivity index (χ4v) is 2.77.